The summed E-state index contributed by atoms with van der Waals surface area (Å²) in [7, 11) is 0. The number of hydrogen-bond acceptors (Lipinski definition) is 4. The fraction of sp³-hybridized carbons (Fsp3) is 0.286. The molecule has 1 aliphatic heterocycles. The quantitative estimate of drug-likeness (QED) is 0.716. The van der Waals surface area contributed by atoms with Gasteiger partial charge in [0.2, 0.25) is 5.91 Å². The minimum atomic E-state index is -0.599. The summed E-state index contributed by atoms with van der Waals surface area (Å²) < 4.78 is 0. The Morgan fingerprint density at radius 3 is 2.29 bits per heavy atom. The number of nitrogens with zero attached hydrogens (tertiary/aromatic N) is 1. The van der Waals surface area contributed by atoms with Crippen LogP contribution in [0.15, 0.2) is 48.5 Å². The van der Waals surface area contributed by atoms with Gasteiger partial charge in [-0.3, -0.25) is 14.4 Å². The highest BCUT2D eigenvalue weighted by Crippen LogP contribution is 2.16. The van der Waals surface area contributed by atoms with E-state index in [2.05, 4.69) is 10.6 Å². The van der Waals surface area contributed by atoms with Gasteiger partial charge in [0.15, 0.2) is 0 Å². The number of nitrogens with two attached hydrogens (primary N) is 1. The summed E-state index contributed by atoms with van der Waals surface area (Å²) in [6.45, 7) is 1.64. The summed E-state index contributed by atoms with van der Waals surface area (Å²) in [4.78, 5) is 37.9. The van der Waals surface area contributed by atoms with E-state index in [9.17, 15) is 14.4 Å². The normalized spacial score (nSPS) is 13.6. The molecule has 1 fully saturated rings. The first-order chi connectivity index (χ1) is 13.5. The van der Waals surface area contributed by atoms with E-state index < -0.39 is 5.91 Å². The first kappa shape index (κ1) is 19.4. The Balaban J connectivity index is 1.54. The Morgan fingerprint density at radius 1 is 0.929 bits per heavy atom. The molecule has 1 aliphatic rings. The van der Waals surface area contributed by atoms with Crippen LogP contribution in [0.2, 0.25) is 0 Å². The molecule has 0 spiro atoms. The first-order valence-corrected chi connectivity index (χ1v) is 9.36. The van der Waals surface area contributed by atoms with Crippen molar-refractivity contribution in [3.63, 3.8) is 0 Å². The van der Waals surface area contributed by atoms with Gasteiger partial charge in [-0.25, -0.2) is 0 Å². The molecule has 1 saturated heterocycles. The van der Waals surface area contributed by atoms with Crippen LogP contribution in [0.3, 0.4) is 0 Å². The van der Waals surface area contributed by atoms with Crippen molar-refractivity contribution in [1.29, 1.82) is 0 Å². The predicted octanol–water partition coefficient (Wildman–Crippen LogP) is 2.46. The van der Waals surface area contributed by atoms with E-state index in [0.29, 0.717) is 11.3 Å². The molecule has 3 amide bonds. The molecule has 7 heteroatoms. The lowest BCUT2D eigenvalue weighted by Crippen LogP contribution is -2.35. The van der Waals surface area contributed by atoms with Gasteiger partial charge in [0, 0.05) is 24.3 Å². The smallest absolute Gasteiger partial charge is 0.253 e. The number of piperidine rings is 1. The molecule has 1 heterocycles. The number of hydrogen-bond donors (Lipinski definition) is 3. The number of amides is 3. The number of carbonyl (C=O) groups is 3. The average molecular weight is 380 g/mol. The van der Waals surface area contributed by atoms with E-state index >= 15 is 0 Å². The van der Waals surface area contributed by atoms with Gasteiger partial charge in [0.25, 0.3) is 11.8 Å². The molecule has 2 aromatic rings. The monoisotopic (exact) mass is 380 g/mol. The third-order valence-corrected chi connectivity index (χ3v) is 4.69. The van der Waals surface area contributed by atoms with Crippen LogP contribution in [-0.4, -0.2) is 42.3 Å². The molecule has 0 saturated carbocycles. The fourth-order valence-electron chi connectivity index (χ4n) is 3.19. The van der Waals surface area contributed by atoms with Crippen LogP contribution in [0.4, 0.5) is 11.4 Å². The molecule has 2 aromatic carbocycles. The molecular formula is C21H24N4O3. The Labute approximate surface area is 163 Å². The molecule has 0 unspecified atom stereocenters. The lowest BCUT2D eigenvalue weighted by molar-refractivity contribution is -0.114. The molecule has 0 bridgehead atoms. The fourth-order valence-corrected chi connectivity index (χ4v) is 3.19. The van der Waals surface area contributed by atoms with Gasteiger partial charge in [-0.1, -0.05) is 12.1 Å². The second-order valence-corrected chi connectivity index (χ2v) is 6.74. The van der Waals surface area contributed by atoms with Crippen molar-refractivity contribution in [1.82, 2.24) is 4.90 Å². The molecular weight excluding hydrogens is 356 g/mol. The van der Waals surface area contributed by atoms with E-state index in [1.165, 1.54) is 6.42 Å². The van der Waals surface area contributed by atoms with Gasteiger partial charge in [-0.15, -0.1) is 0 Å². The van der Waals surface area contributed by atoms with Crippen LogP contribution < -0.4 is 16.4 Å². The molecule has 0 atom stereocenters. The van der Waals surface area contributed by atoms with Crippen molar-refractivity contribution >= 4 is 29.1 Å². The Kier molecular flexibility index (Phi) is 6.26. The number of primary amides is 1. The number of nitrogens with one attached hydrogen (secondary N) is 2. The van der Waals surface area contributed by atoms with Crippen molar-refractivity contribution in [2.75, 3.05) is 30.3 Å². The maximum atomic E-state index is 12.5. The topological polar surface area (TPSA) is 105 Å². The summed E-state index contributed by atoms with van der Waals surface area (Å²) in [5.74, 6) is -0.855. The first-order valence-electron chi connectivity index (χ1n) is 9.36. The summed E-state index contributed by atoms with van der Waals surface area (Å²) in [6, 6.07) is 13.7. The molecule has 0 aromatic heterocycles. The third kappa shape index (κ3) is 4.88. The van der Waals surface area contributed by atoms with Crippen molar-refractivity contribution in [2.45, 2.75) is 19.3 Å². The van der Waals surface area contributed by atoms with Gasteiger partial charge in [-0.05, 0) is 55.7 Å². The number of benzene rings is 2. The highest BCUT2D eigenvalue weighted by molar-refractivity contribution is 6.03. The molecule has 0 radical (unpaired) electrons. The van der Waals surface area contributed by atoms with Crippen LogP contribution in [0, 0.1) is 0 Å². The van der Waals surface area contributed by atoms with Crippen molar-refractivity contribution < 1.29 is 14.4 Å². The lowest BCUT2D eigenvalue weighted by atomic mass is 10.1. The highest BCUT2D eigenvalue weighted by atomic mass is 16.2. The molecule has 146 valence electrons. The number of carbonyl (C=O) groups excluding carboxylic acids is 3. The van der Waals surface area contributed by atoms with Crippen LogP contribution in [-0.2, 0) is 4.79 Å². The number of likely N-dealkylation sites (tertiary alicyclic amines) is 1. The molecule has 4 N–H and O–H groups in total. The predicted molar refractivity (Wildman–Crippen MR) is 108 cm³/mol. The lowest BCUT2D eigenvalue weighted by Gasteiger charge is -2.26. The number of rotatable bonds is 6. The van der Waals surface area contributed by atoms with Crippen LogP contribution in [0.5, 0.6) is 0 Å². The molecule has 7 nitrogen and oxygen atoms in total. The Morgan fingerprint density at radius 2 is 1.61 bits per heavy atom. The van der Waals surface area contributed by atoms with Crippen molar-refractivity contribution in [2.24, 2.45) is 5.73 Å². The van der Waals surface area contributed by atoms with E-state index in [-0.39, 0.29) is 23.9 Å². The minimum Gasteiger partial charge on any atom is -0.376 e. The third-order valence-electron chi connectivity index (χ3n) is 4.69. The zero-order valence-corrected chi connectivity index (χ0v) is 15.6. The highest BCUT2D eigenvalue weighted by Gasteiger charge is 2.18. The zero-order valence-electron chi connectivity index (χ0n) is 15.6. The second-order valence-electron chi connectivity index (χ2n) is 6.74. The summed E-state index contributed by atoms with van der Waals surface area (Å²) in [5, 5.41) is 5.68. The summed E-state index contributed by atoms with van der Waals surface area (Å²) in [5.41, 5.74) is 7.33. The number of anilines is 2. The average Bonchev–Trinajstić information content (AvgIpc) is 2.73. The van der Waals surface area contributed by atoms with Crippen molar-refractivity contribution in [3.8, 4) is 0 Å². The van der Waals surface area contributed by atoms with E-state index in [4.69, 9.17) is 5.73 Å². The van der Waals surface area contributed by atoms with Crippen LogP contribution in [0.25, 0.3) is 0 Å². The maximum Gasteiger partial charge on any atom is 0.253 e. The second kappa shape index (κ2) is 9.03. The summed E-state index contributed by atoms with van der Waals surface area (Å²) in [6.07, 6.45) is 3.29. The van der Waals surface area contributed by atoms with Gasteiger partial charge in [-0.2, -0.15) is 0 Å². The van der Waals surface area contributed by atoms with Crippen LogP contribution >= 0.6 is 0 Å². The van der Waals surface area contributed by atoms with Gasteiger partial charge >= 0.3 is 0 Å². The van der Waals surface area contributed by atoms with Gasteiger partial charge in [0.1, 0.15) is 0 Å². The Hall–Kier alpha value is -3.35. The maximum absolute atomic E-state index is 12.5. The largest absolute Gasteiger partial charge is 0.376 e. The molecule has 3 rings (SSSR count). The molecule has 0 aliphatic carbocycles. The molecule has 28 heavy (non-hydrogen) atoms. The standard InChI is InChI=1S/C21H24N4O3/c22-20(27)17-6-2-3-7-18(17)24-19(26)14-23-16-10-8-15(9-11-16)21(28)25-12-4-1-5-13-25/h2-3,6-11,23H,1,4-5,12-14H2,(H2,22,27)(H,24,26). The Bertz CT molecular complexity index is 858. The summed E-state index contributed by atoms with van der Waals surface area (Å²) >= 11 is 0. The zero-order chi connectivity index (χ0) is 19.9. The van der Waals surface area contributed by atoms with Gasteiger partial charge < -0.3 is 21.3 Å². The van der Waals surface area contributed by atoms with E-state index in [1.807, 2.05) is 4.90 Å². The van der Waals surface area contributed by atoms with Crippen molar-refractivity contribution in [3.05, 3.63) is 59.7 Å². The number of para-hydroxylation sites is 1. The van der Waals surface area contributed by atoms with E-state index in [1.54, 1.807) is 48.5 Å². The van der Waals surface area contributed by atoms with E-state index in [0.717, 1.165) is 31.6 Å². The SMILES string of the molecule is NC(=O)c1ccccc1NC(=O)CNc1ccc(C(=O)N2CCCCC2)cc1. The van der Waals surface area contributed by atoms with Gasteiger partial charge in [0.05, 0.1) is 17.8 Å². The van der Waals surface area contributed by atoms with Crippen LogP contribution in [0.1, 0.15) is 40.0 Å². The minimum absolute atomic E-state index is 0.0204.